The molecule has 0 saturated heterocycles. The molecule has 2 nitrogen and oxygen atoms in total. The number of halogens is 1. The van der Waals surface area contributed by atoms with Gasteiger partial charge in [-0.25, -0.2) is 4.39 Å². The molecule has 14 heavy (non-hydrogen) atoms. The van der Waals surface area contributed by atoms with Gasteiger partial charge in [-0.3, -0.25) is 0 Å². The summed E-state index contributed by atoms with van der Waals surface area (Å²) in [7, 11) is 1.00. The molecule has 0 aliphatic rings. The lowest BCUT2D eigenvalue weighted by atomic mass is 10.3. The van der Waals surface area contributed by atoms with Crippen molar-refractivity contribution < 1.29 is 14.2 Å². The topological polar surface area (TPSA) is 29.5 Å². The second-order valence-electron chi connectivity index (χ2n) is 2.38. The maximum absolute atomic E-state index is 12.6. The first-order valence-electron chi connectivity index (χ1n) is 4.27. The molecule has 1 aromatic carbocycles. The third-order valence-corrected chi connectivity index (χ3v) is 1.39. The highest BCUT2D eigenvalue weighted by molar-refractivity contribution is 5.22. The number of ether oxygens (including phenoxy) is 1. The first-order chi connectivity index (χ1) is 6.83. The van der Waals surface area contributed by atoms with Crippen molar-refractivity contribution >= 4 is 0 Å². The van der Waals surface area contributed by atoms with Gasteiger partial charge in [-0.2, -0.15) is 0 Å². The molecule has 0 aromatic heterocycles. The molecule has 0 spiro atoms. The van der Waals surface area contributed by atoms with E-state index < -0.39 is 0 Å². The van der Waals surface area contributed by atoms with Crippen molar-refractivity contribution in [3.63, 3.8) is 0 Å². The summed E-state index contributed by atoms with van der Waals surface area (Å²) in [5.41, 5.74) is 0. The number of rotatable bonds is 4. The van der Waals surface area contributed by atoms with Crippen LogP contribution >= 0.6 is 0 Å². The minimum Gasteiger partial charge on any atom is -0.493 e. The van der Waals surface area contributed by atoms with E-state index in [1.807, 2.05) is 0 Å². The van der Waals surface area contributed by atoms with Crippen LogP contribution in [0.15, 0.2) is 36.9 Å². The zero-order valence-electron chi connectivity index (χ0n) is 8.24. The molecule has 0 radical (unpaired) electrons. The minimum absolute atomic E-state index is 0.272. The summed E-state index contributed by atoms with van der Waals surface area (Å²) in [6.07, 6.45) is 2.54. The summed E-state index contributed by atoms with van der Waals surface area (Å²) in [5, 5.41) is 7.00. The minimum atomic E-state index is -0.272. The molecule has 0 fully saturated rings. The van der Waals surface area contributed by atoms with Crippen molar-refractivity contribution in [3.05, 3.63) is 42.7 Å². The van der Waals surface area contributed by atoms with E-state index >= 15 is 0 Å². The van der Waals surface area contributed by atoms with Crippen molar-refractivity contribution in [1.29, 1.82) is 0 Å². The largest absolute Gasteiger partial charge is 0.493 e. The molecule has 0 unspecified atom stereocenters. The van der Waals surface area contributed by atoms with E-state index in [0.29, 0.717) is 12.4 Å². The van der Waals surface area contributed by atoms with Gasteiger partial charge in [-0.1, -0.05) is 12.1 Å². The van der Waals surface area contributed by atoms with E-state index in [1.54, 1.807) is 18.2 Å². The van der Waals surface area contributed by atoms with E-state index in [9.17, 15) is 4.39 Å². The highest BCUT2D eigenvalue weighted by Crippen LogP contribution is 2.11. The zero-order valence-corrected chi connectivity index (χ0v) is 8.24. The quantitative estimate of drug-likeness (QED) is 0.594. The number of hydrogen-bond donors (Lipinski definition) is 1. The van der Waals surface area contributed by atoms with Crippen LogP contribution in [-0.2, 0) is 0 Å². The predicted molar refractivity (Wildman–Crippen MR) is 54.9 cm³/mol. The Morgan fingerprint density at radius 3 is 2.79 bits per heavy atom. The fourth-order valence-electron chi connectivity index (χ4n) is 0.817. The Kier molecular flexibility index (Phi) is 7.46. The maximum Gasteiger partial charge on any atom is 0.126 e. The average Bonchev–Trinajstić information content (AvgIpc) is 2.21. The Balaban J connectivity index is 0.000000791. The number of aliphatic hydroxyl groups is 1. The van der Waals surface area contributed by atoms with Gasteiger partial charge in [-0.05, 0) is 18.6 Å². The van der Waals surface area contributed by atoms with E-state index in [1.165, 1.54) is 12.1 Å². The van der Waals surface area contributed by atoms with E-state index in [4.69, 9.17) is 9.84 Å². The van der Waals surface area contributed by atoms with Gasteiger partial charge in [0, 0.05) is 13.2 Å². The van der Waals surface area contributed by atoms with Crippen LogP contribution < -0.4 is 4.74 Å². The van der Waals surface area contributed by atoms with Crippen LogP contribution in [0.25, 0.3) is 0 Å². The van der Waals surface area contributed by atoms with Crippen molar-refractivity contribution in [2.75, 3.05) is 13.7 Å². The first kappa shape index (κ1) is 12.7. The molecular formula is C11H15FO2. The Labute approximate surface area is 83.6 Å². The predicted octanol–water partition coefficient (Wildman–Crippen LogP) is 2.39. The van der Waals surface area contributed by atoms with Gasteiger partial charge in [-0.15, -0.1) is 6.58 Å². The van der Waals surface area contributed by atoms with Crippen LogP contribution in [0.2, 0.25) is 0 Å². The van der Waals surface area contributed by atoms with Gasteiger partial charge < -0.3 is 9.84 Å². The van der Waals surface area contributed by atoms with Gasteiger partial charge in [0.05, 0.1) is 6.61 Å². The first-order valence-corrected chi connectivity index (χ1v) is 4.27. The van der Waals surface area contributed by atoms with Gasteiger partial charge in [0.15, 0.2) is 0 Å². The molecule has 0 atom stereocenters. The number of hydrogen-bond acceptors (Lipinski definition) is 2. The summed E-state index contributed by atoms with van der Waals surface area (Å²) < 4.78 is 17.8. The Bertz CT molecular complexity index is 261. The Morgan fingerprint density at radius 2 is 2.21 bits per heavy atom. The second kappa shape index (κ2) is 8.26. The fourth-order valence-corrected chi connectivity index (χ4v) is 0.817. The summed E-state index contributed by atoms with van der Waals surface area (Å²) >= 11 is 0. The third kappa shape index (κ3) is 5.32. The zero-order chi connectivity index (χ0) is 10.8. The molecule has 78 valence electrons. The van der Waals surface area contributed by atoms with E-state index in [2.05, 4.69) is 6.58 Å². The van der Waals surface area contributed by atoms with E-state index in [0.717, 1.165) is 13.5 Å². The van der Waals surface area contributed by atoms with Crippen molar-refractivity contribution in [2.45, 2.75) is 6.42 Å². The van der Waals surface area contributed by atoms with Crippen LogP contribution in [0.1, 0.15) is 6.42 Å². The molecule has 3 heteroatoms. The number of benzene rings is 1. The van der Waals surface area contributed by atoms with Crippen molar-refractivity contribution in [3.8, 4) is 5.75 Å². The lowest BCUT2D eigenvalue weighted by molar-refractivity contribution is 0.323. The fraction of sp³-hybridized carbons (Fsp3) is 0.273. The molecule has 0 bridgehead atoms. The van der Waals surface area contributed by atoms with E-state index in [-0.39, 0.29) is 5.82 Å². The molecule has 1 N–H and O–H groups in total. The Hall–Kier alpha value is -1.35. The van der Waals surface area contributed by atoms with Gasteiger partial charge in [0.2, 0.25) is 0 Å². The summed E-state index contributed by atoms with van der Waals surface area (Å²) in [4.78, 5) is 0. The second-order valence-corrected chi connectivity index (χ2v) is 2.38. The molecule has 0 heterocycles. The van der Waals surface area contributed by atoms with Gasteiger partial charge >= 0.3 is 0 Å². The van der Waals surface area contributed by atoms with Crippen LogP contribution in [0.4, 0.5) is 4.39 Å². The molecule has 0 saturated carbocycles. The Morgan fingerprint density at radius 1 is 1.50 bits per heavy atom. The molecule has 0 amide bonds. The van der Waals surface area contributed by atoms with Gasteiger partial charge in [0.1, 0.15) is 11.6 Å². The van der Waals surface area contributed by atoms with Crippen LogP contribution in [0.3, 0.4) is 0 Å². The lowest BCUT2D eigenvalue weighted by Gasteiger charge is -2.03. The summed E-state index contributed by atoms with van der Waals surface area (Å²) in [6.45, 7) is 4.10. The molecule has 1 aromatic rings. The SMILES string of the molecule is C=CCCOc1cccc(F)c1.CO. The number of aliphatic hydroxyl groups excluding tert-OH is 1. The van der Waals surface area contributed by atoms with Crippen LogP contribution in [-0.4, -0.2) is 18.8 Å². The van der Waals surface area contributed by atoms with Crippen LogP contribution in [0, 0.1) is 5.82 Å². The average molecular weight is 198 g/mol. The molecule has 1 rings (SSSR count). The third-order valence-electron chi connectivity index (χ3n) is 1.39. The highest BCUT2D eigenvalue weighted by Gasteiger charge is 1.93. The molecule has 0 aliphatic carbocycles. The van der Waals surface area contributed by atoms with Crippen LogP contribution in [0.5, 0.6) is 5.75 Å². The maximum atomic E-state index is 12.6. The standard InChI is InChI=1S/C10H11FO.CH4O/c1-2-3-7-12-10-6-4-5-9(11)8-10;1-2/h2,4-6,8H,1,3,7H2;2H,1H3. The summed E-state index contributed by atoms with van der Waals surface area (Å²) in [5.74, 6) is 0.294. The lowest BCUT2D eigenvalue weighted by Crippen LogP contribution is -1.95. The smallest absolute Gasteiger partial charge is 0.126 e. The van der Waals surface area contributed by atoms with Crippen molar-refractivity contribution in [1.82, 2.24) is 0 Å². The highest BCUT2D eigenvalue weighted by atomic mass is 19.1. The summed E-state index contributed by atoms with van der Waals surface area (Å²) in [6, 6.07) is 6.11. The monoisotopic (exact) mass is 198 g/mol. The van der Waals surface area contributed by atoms with Gasteiger partial charge in [0.25, 0.3) is 0 Å². The molecular weight excluding hydrogens is 183 g/mol. The molecule has 0 aliphatic heterocycles. The normalized spacial score (nSPS) is 8.50. The van der Waals surface area contributed by atoms with Crippen molar-refractivity contribution in [2.24, 2.45) is 0 Å².